The van der Waals surface area contributed by atoms with E-state index in [0.29, 0.717) is 44.8 Å². The van der Waals surface area contributed by atoms with Crippen molar-refractivity contribution in [2.24, 2.45) is 0 Å². The van der Waals surface area contributed by atoms with Gasteiger partial charge in [-0.2, -0.15) is 105 Å². The predicted molar refractivity (Wildman–Crippen MR) is 420 cm³/mol. The summed E-state index contributed by atoms with van der Waals surface area (Å²) in [5.74, 6) is -0.925. The number of pyridine rings is 14. The number of carbonyl (C=O) groups is 2. The van der Waals surface area contributed by atoms with Crippen LogP contribution in [0.1, 0.15) is 83.3 Å². The number of rotatable bonds is 4. The minimum Gasteiger partial charge on any atom is -0.465 e. The summed E-state index contributed by atoms with van der Waals surface area (Å²) in [4.78, 5) is 102. The Kier molecular flexibility index (Phi) is 31.3. The van der Waals surface area contributed by atoms with Crippen molar-refractivity contribution in [1.82, 2.24) is 79.7 Å². The average Bonchev–Trinajstić information content (AvgIpc) is 0.787. The number of ether oxygens (including phenoxy) is 1. The third-order valence-corrected chi connectivity index (χ3v) is 17.5. The van der Waals surface area contributed by atoms with Crippen molar-refractivity contribution in [2.45, 2.75) is 62.8 Å². The largest absolute Gasteiger partial charge is 0.465 e. The van der Waals surface area contributed by atoms with Crippen molar-refractivity contribution >= 4 is 117 Å². The molecule has 14 aromatic rings. The molecular formula is C78H56BrClF24N18O6. The molecule has 0 bridgehead atoms. The highest BCUT2D eigenvalue weighted by Crippen LogP contribution is 2.37. The van der Waals surface area contributed by atoms with Crippen LogP contribution in [0.5, 0.6) is 0 Å². The molecule has 1 aliphatic rings. The second-order valence-corrected chi connectivity index (χ2v) is 27.2. The van der Waals surface area contributed by atoms with Gasteiger partial charge in [0.05, 0.1) is 83.4 Å². The minimum atomic E-state index is -4.56. The van der Waals surface area contributed by atoms with Gasteiger partial charge in [-0.25, -0.2) is 59.3 Å². The number of aromatic amines is 2. The molecule has 0 atom stereocenters. The first-order chi connectivity index (χ1) is 59.4. The second kappa shape index (κ2) is 40.3. The van der Waals surface area contributed by atoms with Gasteiger partial charge in [0.15, 0.2) is 0 Å². The summed E-state index contributed by atoms with van der Waals surface area (Å²) in [6, 6.07) is 23.2. The van der Waals surface area contributed by atoms with Crippen LogP contribution in [0.15, 0.2) is 190 Å². The van der Waals surface area contributed by atoms with Crippen LogP contribution >= 0.6 is 27.5 Å². The quantitative estimate of drug-likeness (QED) is 0.0722. The molecule has 0 spiro atoms. The van der Waals surface area contributed by atoms with Crippen molar-refractivity contribution in [1.29, 1.82) is 0 Å². The third-order valence-electron chi connectivity index (χ3n) is 16.6. The highest BCUT2D eigenvalue weighted by molar-refractivity contribution is 9.10. The molecule has 0 fully saturated rings. The third kappa shape index (κ3) is 26.4. The van der Waals surface area contributed by atoms with E-state index in [-0.39, 0.29) is 83.1 Å². The van der Waals surface area contributed by atoms with Crippen LogP contribution < -0.4 is 32.7 Å². The number of aromatic nitrogens is 14. The normalized spacial score (nSPS) is 12.4. The summed E-state index contributed by atoms with van der Waals surface area (Å²) in [5.41, 5.74) is -1.83. The monoisotopic (exact) mass is 1910 g/mol. The van der Waals surface area contributed by atoms with Gasteiger partial charge in [0.2, 0.25) is 0 Å². The van der Waals surface area contributed by atoms with E-state index in [1.165, 1.54) is 114 Å². The lowest BCUT2D eigenvalue weighted by molar-refractivity contribution is -0.142. The number of H-pyrrole nitrogens is 2. The molecule has 0 saturated carbocycles. The van der Waals surface area contributed by atoms with Crippen molar-refractivity contribution in [3.05, 3.63) is 285 Å². The molecule has 14 aromatic heterocycles. The maximum absolute atomic E-state index is 12.6. The molecule has 0 unspecified atom stereocenters. The number of methoxy groups -OCH3 is 1. The second-order valence-electron chi connectivity index (χ2n) is 26.0. The fourth-order valence-electron chi connectivity index (χ4n) is 10.5. The number of nitrogen functional groups attached to an aromatic ring is 1. The van der Waals surface area contributed by atoms with Crippen molar-refractivity contribution < 1.29 is 120 Å². The molecule has 676 valence electrons. The maximum Gasteiger partial charge on any atom is 0.433 e. The molecule has 128 heavy (non-hydrogen) atoms. The zero-order valence-electron chi connectivity index (χ0n) is 65.3. The summed E-state index contributed by atoms with van der Waals surface area (Å²) >= 11 is 8.72. The summed E-state index contributed by atoms with van der Waals surface area (Å²) in [5, 5.41) is 6.09. The molecule has 1 amide bonds. The number of hydrogen-bond donors (Lipinski definition) is 4. The van der Waals surface area contributed by atoms with E-state index in [1.54, 1.807) is 40.0 Å². The van der Waals surface area contributed by atoms with E-state index in [0.717, 1.165) is 79.9 Å². The summed E-state index contributed by atoms with van der Waals surface area (Å²) in [6.45, 7) is 2.07. The Morgan fingerprint density at radius 3 is 1.37 bits per heavy atom. The smallest absolute Gasteiger partial charge is 0.433 e. The van der Waals surface area contributed by atoms with E-state index < -0.39 is 118 Å². The molecular weight excluding hydrogens is 1860 g/mol. The fourth-order valence-corrected chi connectivity index (χ4v) is 11.2. The van der Waals surface area contributed by atoms with Crippen LogP contribution in [0.2, 0.25) is 5.15 Å². The standard InChI is InChI=1S/C12H13F3N2O2.C11H10F3N3O.C10H7F3N2.C9H4BrF3N2O.C9H4ClF3N2.C9H6F3N3.C9H7F3N2O.C9H5F3N2O/c1-17(2)7-6-9-8(11(18)19-3)4-5-10(16-9)12(13,14)15;1-16(2)17-6-5-8-7(10(17)18)3-4-9(15-8)11(12,13)14;1-6-7-2-3-9(10(11,12)13)15-8(7)4-5-14-6;10-5-3-14-8(16)4-1-2-6(9(11,12)13)15-7(4)5;10-8-5-1-2-7(9(11,12)13)15-6(5)3-4-14-8;10-9(11,12)7-2-1-5-6(15-7)3-4-14-8(5)13;2*10-9(11,12)7-2-1-5-6(14-7)3-4-13-8(5)15/h4-7H,1-3H3;3-6H,1-2H3;2-5H,1H3;1-3H,(H,14,16);1-4H;1-4H,(H2,13,14);1-2H,3-4H2,(H,13,15);1-4H,(H,13,15)/b7-6+;;;;;;;. The van der Waals surface area contributed by atoms with Crippen LogP contribution in [0.3, 0.4) is 0 Å². The van der Waals surface area contributed by atoms with E-state index >= 15 is 0 Å². The number of nitrogens with one attached hydrogen (secondary N) is 3. The molecule has 15 rings (SSSR count). The number of nitrogens with two attached hydrogens (primary N) is 1. The van der Waals surface area contributed by atoms with Crippen LogP contribution in [0.25, 0.3) is 71.5 Å². The van der Waals surface area contributed by atoms with Crippen molar-refractivity contribution in [2.75, 3.05) is 52.6 Å². The van der Waals surface area contributed by atoms with Gasteiger partial charge in [0, 0.05) is 106 Å². The van der Waals surface area contributed by atoms with Gasteiger partial charge in [0.1, 0.15) is 56.5 Å². The number of nitrogens with zero attached hydrogens (tertiary/aromatic N) is 14. The van der Waals surface area contributed by atoms with Gasteiger partial charge in [-0.1, -0.05) is 11.6 Å². The number of amides is 1. The molecule has 15 heterocycles. The maximum atomic E-state index is 12.6. The summed E-state index contributed by atoms with van der Waals surface area (Å²) in [7, 11) is 7.86. The number of fused-ring (bicyclic) bond motifs is 7. The van der Waals surface area contributed by atoms with E-state index in [4.69, 9.17) is 17.3 Å². The lowest BCUT2D eigenvalue weighted by atomic mass is 10.1. The Balaban J connectivity index is 0.000000181. The predicted octanol–water partition coefficient (Wildman–Crippen LogP) is 18.6. The lowest BCUT2D eigenvalue weighted by Gasteiger charge is -2.16. The molecule has 0 radical (unpaired) electrons. The van der Waals surface area contributed by atoms with Gasteiger partial charge in [-0.05, 0) is 156 Å². The zero-order valence-corrected chi connectivity index (χ0v) is 67.6. The first kappa shape index (κ1) is 99.7. The molecule has 24 nitrogen and oxygen atoms in total. The fraction of sp³-hybridized carbons (Fsp3) is 0.205. The summed E-state index contributed by atoms with van der Waals surface area (Å²) in [6.07, 6.45) is -24.7. The van der Waals surface area contributed by atoms with Crippen molar-refractivity contribution in [3.8, 4) is 0 Å². The molecule has 0 aromatic carbocycles. The number of halogens is 26. The van der Waals surface area contributed by atoms with Crippen LogP contribution in [0, 0.1) is 6.92 Å². The lowest BCUT2D eigenvalue weighted by Crippen LogP contribution is -2.35. The van der Waals surface area contributed by atoms with Crippen molar-refractivity contribution in [3.63, 3.8) is 0 Å². The van der Waals surface area contributed by atoms with Crippen LogP contribution in [0.4, 0.5) is 111 Å². The first-order valence-electron chi connectivity index (χ1n) is 35.2. The van der Waals surface area contributed by atoms with E-state index in [9.17, 15) is 129 Å². The number of esters is 1. The minimum absolute atomic E-state index is 0.00132. The highest BCUT2D eigenvalue weighted by Gasteiger charge is 2.39. The molecule has 1 aliphatic heterocycles. The van der Waals surface area contributed by atoms with Gasteiger partial charge >= 0.3 is 55.4 Å². The van der Waals surface area contributed by atoms with Crippen LogP contribution in [-0.2, 0) is 60.6 Å². The molecule has 0 aliphatic carbocycles. The Bertz CT molecular complexity index is 6380. The van der Waals surface area contributed by atoms with E-state index in [1.807, 2.05) is 0 Å². The van der Waals surface area contributed by atoms with Gasteiger partial charge in [0.25, 0.3) is 22.6 Å². The number of carbonyl (C=O) groups excluding carboxylic acids is 2. The van der Waals surface area contributed by atoms with Crippen LogP contribution in [-0.4, -0.2) is 128 Å². The van der Waals surface area contributed by atoms with Gasteiger partial charge in [-0.15, -0.1) is 0 Å². The number of anilines is 1. The number of alkyl halides is 24. The molecule has 5 N–H and O–H groups in total. The Morgan fingerprint density at radius 2 is 0.867 bits per heavy atom. The number of hydrogen-bond acceptors (Lipinski definition) is 20. The zero-order chi connectivity index (χ0) is 95.3. The molecule has 50 heteroatoms. The first-order valence-corrected chi connectivity index (χ1v) is 36.3. The molecule has 0 saturated heterocycles. The topological polar surface area (TPSA) is 317 Å². The van der Waals surface area contributed by atoms with E-state index in [2.05, 4.69) is 90.8 Å². The van der Waals surface area contributed by atoms with Gasteiger partial charge in [-0.3, -0.25) is 24.2 Å². The number of aryl methyl sites for hydroxylation is 1. The Morgan fingerprint density at radius 1 is 0.469 bits per heavy atom. The SMILES string of the molecule is CN(C)n1ccc2nc(C(F)(F)F)ccc2c1=O.COC(=O)c1ccc(C(F)(F)F)nc1/C=C/N(C)C.Cc1nccc2nc(C(F)(F)F)ccc12.FC(F)(F)c1ccc2c(Cl)nccc2n1.Nc1nccc2nc(C(F)(F)F)ccc12.O=C1NCCc2nc(C(F)(F)F)ccc21.O=c1[nH]cc(Br)c2nc(C(F)(F)F)ccc12.O=c1[nH]ccc2nc(C(F)(F)F)ccc12. The highest BCUT2D eigenvalue weighted by atomic mass is 79.9. The Hall–Kier alpha value is -13.8. The Labute approximate surface area is 713 Å². The average molecular weight is 1910 g/mol. The van der Waals surface area contributed by atoms with Gasteiger partial charge < -0.3 is 35.7 Å². The summed E-state index contributed by atoms with van der Waals surface area (Å²) < 4.78 is 303.